The van der Waals surface area contributed by atoms with E-state index < -0.39 is 0 Å². The third-order valence-electron chi connectivity index (χ3n) is 1.65. The maximum Gasteiger partial charge on any atom is 0.0340 e. The summed E-state index contributed by atoms with van der Waals surface area (Å²) in [5.74, 6) is 0. The molecule has 0 aliphatic heterocycles. The van der Waals surface area contributed by atoms with E-state index in [-0.39, 0.29) is 0 Å². The van der Waals surface area contributed by atoms with Crippen molar-refractivity contribution >= 4 is 18.4 Å². The average molecular weight is 160 g/mol. The molecular formula is C10H12N2. The molecule has 0 spiro atoms. The lowest BCUT2D eigenvalue weighted by molar-refractivity contribution is 1.27. The Morgan fingerprint density at radius 3 is 3.00 bits per heavy atom. The molecule has 0 bridgehead atoms. The van der Waals surface area contributed by atoms with Crippen LogP contribution in [0.1, 0.15) is 6.92 Å². The van der Waals surface area contributed by atoms with Gasteiger partial charge in [-0.25, -0.2) is 0 Å². The van der Waals surface area contributed by atoms with Gasteiger partial charge in [-0.1, -0.05) is 6.58 Å². The van der Waals surface area contributed by atoms with E-state index in [1.54, 1.807) is 19.4 Å². The van der Waals surface area contributed by atoms with Crippen LogP contribution < -0.4 is 10.4 Å². The van der Waals surface area contributed by atoms with Gasteiger partial charge in [-0.15, -0.1) is 0 Å². The van der Waals surface area contributed by atoms with E-state index in [0.29, 0.717) is 0 Å². The van der Waals surface area contributed by atoms with Gasteiger partial charge < -0.3 is 0 Å². The first-order chi connectivity index (χ1) is 5.75. The minimum Gasteiger partial charge on any atom is -0.296 e. The van der Waals surface area contributed by atoms with Gasteiger partial charge in [-0.05, 0) is 29.0 Å². The first kappa shape index (κ1) is 8.65. The van der Waals surface area contributed by atoms with Crippen LogP contribution in [0.5, 0.6) is 0 Å². The average Bonchev–Trinajstić information content (AvgIpc) is 2.05. The molecule has 0 N–H and O–H groups in total. The highest BCUT2D eigenvalue weighted by molar-refractivity contribution is 6.00. The minimum atomic E-state index is 0.940. The molecule has 0 aliphatic rings. The van der Waals surface area contributed by atoms with E-state index in [4.69, 9.17) is 0 Å². The van der Waals surface area contributed by atoms with E-state index >= 15 is 0 Å². The zero-order chi connectivity index (χ0) is 8.97. The molecule has 0 aliphatic carbocycles. The normalized spacial score (nSPS) is 13.5. The highest BCUT2D eigenvalue weighted by atomic mass is 14.6. The summed E-state index contributed by atoms with van der Waals surface area (Å²) >= 11 is 0. The Balaban J connectivity index is 3.45. The largest absolute Gasteiger partial charge is 0.296 e. The van der Waals surface area contributed by atoms with Gasteiger partial charge in [0.15, 0.2) is 0 Å². The standard InChI is InChI=1S/C10H12N2/c1-8(6-11-3)10-4-5-12-7-9(10)2/h4-7H,2H2,1,3H3/b10-8-,11-6?. The molecule has 1 rings (SSSR count). The van der Waals surface area contributed by atoms with Gasteiger partial charge in [0.1, 0.15) is 0 Å². The summed E-state index contributed by atoms with van der Waals surface area (Å²) in [4.78, 5) is 7.91. The molecule has 1 aromatic heterocycles. The molecule has 0 unspecified atom stereocenters. The maximum absolute atomic E-state index is 3.97. The third kappa shape index (κ3) is 1.78. The van der Waals surface area contributed by atoms with Gasteiger partial charge in [0.25, 0.3) is 0 Å². The van der Waals surface area contributed by atoms with Gasteiger partial charge in [-0.3, -0.25) is 9.98 Å². The molecule has 0 saturated carbocycles. The molecule has 2 heteroatoms. The first-order valence-electron chi connectivity index (χ1n) is 3.77. The molecule has 2 nitrogen and oxygen atoms in total. The predicted molar refractivity (Wildman–Crippen MR) is 52.5 cm³/mol. The van der Waals surface area contributed by atoms with Crippen molar-refractivity contribution in [2.24, 2.45) is 4.99 Å². The minimum absolute atomic E-state index is 0.940. The van der Waals surface area contributed by atoms with Crippen LogP contribution in [-0.2, 0) is 0 Å². The monoisotopic (exact) mass is 160 g/mol. The number of hydrogen-bond donors (Lipinski definition) is 0. The van der Waals surface area contributed by atoms with Crippen molar-refractivity contribution in [1.29, 1.82) is 0 Å². The summed E-state index contributed by atoms with van der Waals surface area (Å²) in [6.07, 6.45) is 5.34. The Morgan fingerprint density at radius 2 is 2.42 bits per heavy atom. The Hall–Kier alpha value is -1.44. The van der Waals surface area contributed by atoms with E-state index in [1.165, 1.54) is 0 Å². The lowest BCUT2D eigenvalue weighted by Gasteiger charge is -1.91. The molecular weight excluding hydrogens is 148 g/mol. The second-order valence-electron chi connectivity index (χ2n) is 2.60. The molecule has 62 valence electrons. The maximum atomic E-state index is 3.97. The highest BCUT2D eigenvalue weighted by Gasteiger charge is 1.86. The Morgan fingerprint density at radius 1 is 1.67 bits per heavy atom. The van der Waals surface area contributed by atoms with Gasteiger partial charge in [-0.2, -0.15) is 0 Å². The van der Waals surface area contributed by atoms with Gasteiger partial charge in [0.2, 0.25) is 0 Å². The van der Waals surface area contributed by atoms with Crippen molar-refractivity contribution in [3.63, 3.8) is 0 Å². The zero-order valence-corrected chi connectivity index (χ0v) is 7.41. The molecule has 0 aromatic carbocycles. The number of hydrogen-bond acceptors (Lipinski definition) is 2. The second kappa shape index (κ2) is 3.81. The van der Waals surface area contributed by atoms with E-state index in [9.17, 15) is 0 Å². The fourth-order valence-electron chi connectivity index (χ4n) is 1.08. The second-order valence-corrected chi connectivity index (χ2v) is 2.60. The number of aliphatic imine (C=N–C) groups is 1. The summed E-state index contributed by atoms with van der Waals surface area (Å²) in [6, 6.07) is 1.94. The lowest BCUT2D eigenvalue weighted by Crippen LogP contribution is -2.25. The zero-order valence-electron chi connectivity index (χ0n) is 7.41. The van der Waals surface area contributed by atoms with Crippen LogP contribution in [0, 0.1) is 0 Å². The molecule has 0 fully saturated rings. The summed E-state index contributed by atoms with van der Waals surface area (Å²) < 4.78 is 0. The van der Waals surface area contributed by atoms with Crippen molar-refractivity contribution in [3.8, 4) is 0 Å². The number of pyridine rings is 1. The quantitative estimate of drug-likeness (QED) is 0.545. The van der Waals surface area contributed by atoms with Crippen molar-refractivity contribution in [2.75, 3.05) is 7.05 Å². The van der Waals surface area contributed by atoms with Gasteiger partial charge in [0, 0.05) is 25.7 Å². The number of rotatable bonds is 1. The molecule has 0 amide bonds. The van der Waals surface area contributed by atoms with Crippen molar-refractivity contribution in [2.45, 2.75) is 6.92 Å². The summed E-state index contributed by atoms with van der Waals surface area (Å²) in [6.45, 7) is 5.89. The van der Waals surface area contributed by atoms with E-state index in [0.717, 1.165) is 16.0 Å². The first-order valence-corrected chi connectivity index (χ1v) is 3.77. The van der Waals surface area contributed by atoms with Crippen LogP contribution in [-0.4, -0.2) is 18.2 Å². The van der Waals surface area contributed by atoms with Gasteiger partial charge in [0.05, 0.1) is 0 Å². The number of aromatic nitrogens is 1. The van der Waals surface area contributed by atoms with Crippen LogP contribution in [0.25, 0.3) is 12.2 Å². The third-order valence-corrected chi connectivity index (χ3v) is 1.65. The molecule has 1 heterocycles. The Bertz CT molecular complexity index is 391. The fraction of sp³-hybridized carbons (Fsp3) is 0.200. The fourth-order valence-corrected chi connectivity index (χ4v) is 1.08. The van der Waals surface area contributed by atoms with Crippen LogP contribution >= 0.6 is 0 Å². The van der Waals surface area contributed by atoms with Crippen molar-refractivity contribution in [3.05, 3.63) is 28.9 Å². The summed E-state index contributed by atoms with van der Waals surface area (Å²) in [7, 11) is 1.76. The summed E-state index contributed by atoms with van der Waals surface area (Å²) in [5, 5.41) is 2.05. The SMILES string of the molecule is C=c1cncc/c1=C(\C)C=NC. The van der Waals surface area contributed by atoms with Crippen LogP contribution in [0.3, 0.4) is 0 Å². The summed E-state index contributed by atoms with van der Waals surface area (Å²) in [5.41, 5.74) is 1.12. The highest BCUT2D eigenvalue weighted by Crippen LogP contribution is 1.81. The van der Waals surface area contributed by atoms with Crippen LogP contribution in [0.15, 0.2) is 23.5 Å². The van der Waals surface area contributed by atoms with E-state index in [2.05, 4.69) is 16.6 Å². The van der Waals surface area contributed by atoms with E-state index in [1.807, 2.05) is 19.2 Å². The predicted octanol–water partition coefficient (Wildman–Crippen LogP) is 0.363. The number of nitrogens with zero attached hydrogens (tertiary/aromatic N) is 2. The van der Waals surface area contributed by atoms with Crippen LogP contribution in [0.4, 0.5) is 0 Å². The molecule has 1 aromatic rings. The molecule has 0 radical (unpaired) electrons. The van der Waals surface area contributed by atoms with Crippen molar-refractivity contribution in [1.82, 2.24) is 4.98 Å². The molecule has 0 saturated heterocycles. The molecule has 0 atom stereocenters. The smallest absolute Gasteiger partial charge is 0.0340 e. The topological polar surface area (TPSA) is 25.2 Å². The Labute approximate surface area is 72.0 Å². The van der Waals surface area contributed by atoms with Crippen molar-refractivity contribution < 1.29 is 0 Å². The lowest BCUT2D eigenvalue weighted by atomic mass is 10.2. The van der Waals surface area contributed by atoms with Gasteiger partial charge >= 0.3 is 0 Å². The Kier molecular flexibility index (Phi) is 2.75. The van der Waals surface area contributed by atoms with Crippen LogP contribution in [0.2, 0.25) is 0 Å². The molecule has 12 heavy (non-hydrogen) atoms.